The molecule has 2 aliphatic heterocycles. The molecular formula is C21H20N2O4. The van der Waals surface area contributed by atoms with Crippen LogP contribution in [0, 0.1) is 0 Å². The van der Waals surface area contributed by atoms with E-state index >= 15 is 0 Å². The molecule has 0 radical (unpaired) electrons. The molecule has 2 aromatic carbocycles. The van der Waals surface area contributed by atoms with Crippen molar-refractivity contribution in [1.82, 2.24) is 0 Å². The van der Waals surface area contributed by atoms with Crippen LogP contribution in [-0.2, 0) is 20.7 Å². The van der Waals surface area contributed by atoms with Gasteiger partial charge in [-0.3, -0.25) is 9.59 Å². The molecule has 6 nitrogen and oxygen atoms in total. The van der Waals surface area contributed by atoms with Crippen LogP contribution in [0.15, 0.2) is 48.5 Å². The van der Waals surface area contributed by atoms with E-state index in [-0.39, 0.29) is 5.91 Å². The van der Waals surface area contributed by atoms with E-state index in [0.717, 1.165) is 17.7 Å². The topological polar surface area (TPSA) is 75.7 Å². The summed E-state index contributed by atoms with van der Waals surface area (Å²) in [7, 11) is 0. The van der Waals surface area contributed by atoms with Gasteiger partial charge < -0.3 is 15.0 Å². The second kappa shape index (κ2) is 6.54. The summed E-state index contributed by atoms with van der Waals surface area (Å²) in [4.78, 5) is 38.8. The summed E-state index contributed by atoms with van der Waals surface area (Å²) < 4.78 is 5.47. The highest BCUT2D eigenvalue weighted by Crippen LogP contribution is 2.30. The fourth-order valence-corrected chi connectivity index (χ4v) is 3.60. The van der Waals surface area contributed by atoms with Gasteiger partial charge in [-0.25, -0.2) is 4.79 Å². The van der Waals surface area contributed by atoms with Crippen LogP contribution in [0.1, 0.15) is 35.7 Å². The molecule has 4 rings (SSSR count). The first-order valence-electron chi connectivity index (χ1n) is 8.99. The van der Waals surface area contributed by atoms with E-state index in [1.54, 1.807) is 42.2 Å². The lowest BCUT2D eigenvalue weighted by molar-refractivity contribution is -0.134. The van der Waals surface area contributed by atoms with Crippen molar-refractivity contribution in [1.29, 1.82) is 0 Å². The molecular weight excluding hydrogens is 344 g/mol. The van der Waals surface area contributed by atoms with Gasteiger partial charge in [0.15, 0.2) is 5.60 Å². The van der Waals surface area contributed by atoms with Crippen LogP contribution in [0.5, 0.6) is 0 Å². The Morgan fingerprint density at radius 3 is 2.74 bits per heavy atom. The van der Waals surface area contributed by atoms with Gasteiger partial charge in [0.2, 0.25) is 5.91 Å². The summed E-state index contributed by atoms with van der Waals surface area (Å²) in [5, 5.41) is 2.83. The van der Waals surface area contributed by atoms with Crippen molar-refractivity contribution in [2.75, 3.05) is 16.8 Å². The first-order chi connectivity index (χ1) is 13.0. The second-order valence-electron chi connectivity index (χ2n) is 7.11. The Bertz CT molecular complexity index is 939. The van der Waals surface area contributed by atoms with E-state index in [1.165, 1.54) is 0 Å². The summed E-state index contributed by atoms with van der Waals surface area (Å²) in [5.41, 5.74) is 1.32. The lowest BCUT2D eigenvalue weighted by Crippen LogP contribution is -2.48. The minimum Gasteiger partial charge on any atom is -0.445 e. The molecule has 0 saturated carbocycles. The molecule has 1 fully saturated rings. The summed E-state index contributed by atoms with van der Waals surface area (Å²) in [6.45, 7) is 2.30. The Kier molecular flexibility index (Phi) is 4.18. The Labute approximate surface area is 157 Å². The molecule has 2 amide bonds. The van der Waals surface area contributed by atoms with Crippen LogP contribution >= 0.6 is 0 Å². The molecule has 1 unspecified atom stereocenters. The van der Waals surface area contributed by atoms with Crippen LogP contribution in [-0.4, -0.2) is 29.9 Å². The summed E-state index contributed by atoms with van der Waals surface area (Å²) in [6, 6.07) is 14.3. The third-order valence-electron chi connectivity index (χ3n) is 5.05. The van der Waals surface area contributed by atoms with Gasteiger partial charge in [-0.1, -0.05) is 24.3 Å². The number of nitrogens with zero attached hydrogens (tertiary/aromatic N) is 1. The van der Waals surface area contributed by atoms with E-state index in [1.807, 2.05) is 18.2 Å². The minimum absolute atomic E-state index is 0.0863. The number of nitrogens with one attached hydrogen (secondary N) is 1. The number of amides is 2. The van der Waals surface area contributed by atoms with E-state index < -0.39 is 17.5 Å². The van der Waals surface area contributed by atoms with Gasteiger partial charge in [-0.2, -0.15) is 0 Å². The lowest BCUT2D eigenvalue weighted by Gasteiger charge is -2.33. The molecule has 2 aromatic rings. The fourth-order valence-electron chi connectivity index (χ4n) is 3.60. The van der Waals surface area contributed by atoms with Crippen LogP contribution in [0.3, 0.4) is 0 Å². The molecule has 1 atom stereocenters. The first-order valence-corrected chi connectivity index (χ1v) is 8.99. The Morgan fingerprint density at radius 2 is 1.96 bits per heavy atom. The molecule has 1 saturated heterocycles. The van der Waals surface area contributed by atoms with Gasteiger partial charge in [0.05, 0.1) is 5.56 Å². The molecule has 6 heteroatoms. The lowest BCUT2D eigenvalue weighted by atomic mass is 9.89. The second-order valence-corrected chi connectivity index (χ2v) is 7.11. The number of cyclic esters (lactones) is 1. The maximum atomic E-state index is 12.9. The largest absolute Gasteiger partial charge is 0.445 e. The van der Waals surface area contributed by atoms with Crippen molar-refractivity contribution >= 4 is 29.2 Å². The van der Waals surface area contributed by atoms with Crippen molar-refractivity contribution < 1.29 is 19.1 Å². The number of anilines is 2. The van der Waals surface area contributed by atoms with Gasteiger partial charge >= 0.3 is 5.97 Å². The summed E-state index contributed by atoms with van der Waals surface area (Å²) >= 11 is 0. The zero-order valence-corrected chi connectivity index (χ0v) is 15.0. The van der Waals surface area contributed by atoms with Crippen molar-refractivity contribution in [3.63, 3.8) is 0 Å². The summed E-state index contributed by atoms with van der Waals surface area (Å²) in [5.74, 6) is -0.801. The number of esters is 1. The average molecular weight is 364 g/mol. The summed E-state index contributed by atoms with van der Waals surface area (Å²) in [6.07, 6.45) is 1.69. The van der Waals surface area contributed by atoms with Crippen molar-refractivity contribution in [2.24, 2.45) is 0 Å². The van der Waals surface area contributed by atoms with E-state index in [9.17, 15) is 14.4 Å². The van der Waals surface area contributed by atoms with Gasteiger partial charge in [0.1, 0.15) is 0 Å². The quantitative estimate of drug-likeness (QED) is 0.850. The maximum absolute atomic E-state index is 12.9. The van der Waals surface area contributed by atoms with E-state index in [4.69, 9.17) is 4.74 Å². The molecule has 2 aliphatic rings. The molecule has 138 valence electrons. The molecule has 0 aromatic heterocycles. The van der Waals surface area contributed by atoms with Crippen LogP contribution in [0.25, 0.3) is 0 Å². The number of carbonyl (C=O) groups is 3. The molecule has 0 bridgehead atoms. The average Bonchev–Trinajstić information content (AvgIpc) is 3.08. The molecule has 2 heterocycles. The number of fused-ring (bicyclic) bond motifs is 1. The van der Waals surface area contributed by atoms with Gasteiger partial charge in [-0.05, 0) is 43.2 Å². The third-order valence-corrected chi connectivity index (χ3v) is 5.05. The third kappa shape index (κ3) is 3.18. The predicted octanol–water partition coefficient (Wildman–Crippen LogP) is 2.92. The normalized spacial score (nSPS) is 21.6. The smallest absolute Gasteiger partial charge is 0.339 e. The highest BCUT2D eigenvalue weighted by Gasteiger charge is 2.42. The van der Waals surface area contributed by atoms with E-state index in [0.29, 0.717) is 30.6 Å². The van der Waals surface area contributed by atoms with Gasteiger partial charge in [0, 0.05) is 30.8 Å². The molecule has 1 N–H and O–H groups in total. The standard InChI is InChI=1S/C21H20N2O4/c1-21(13-14-6-2-3-9-17(14)19(25)27-21)20(26)22-15-7-4-8-16(12-15)23-11-5-10-18(23)24/h2-4,6-9,12H,5,10-11,13H2,1H3,(H,22,26). The fraction of sp³-hybridized carbons (Fsp3) is 0.286. The SMILES string of the molecule is CC1(C(=O)Nc2cccc(N3CCCC3=O)c2)Cc2ccccc2C(=O)O1. The van der Waals surface area contributed by atoms with Crippen LogP contribution in [0.4, 0.5) is 11.4 Å². The Balaban J connectivity index is 1.54. The zero-order valence-electron chi connectivity index (χ0n) is 15.0. The van der Waals surface area contributed by atoms with Crippen molar-refractivity contribution in [2.45, 2.75) is 31.8 Å². The Hall–Kier alpha value is -3.15. The molecule has 0 aliphatic carbocycles. The number of ether oxygens (including phenoxy) is 1. The number of hydrogen-bond acceptors (Lipinski definition) is 4. The molecule has 0 spiro atoms. The highest BCUT2D eigenvalue weighted by molar-refractivity contribution is 6.03. The maximum Gasteiger partial charge on any atom is 0.339 e. The Morgan fingerprint density at radius 1 is 1.15 bits per heavy atom. The zero-order chi connectivity index (χ0) is 19.0. The highest BCUT2D eigenvalue weighted by atomic mass is 16.6. The first kappa shape index (κ1) is 17.3. The number of rotatable bonds is 3. The van der Waals surface area contributed by atoms with E-state index in [2.05, 4.69) is 5.32 Å². The monoisotopic (exact) mass is 364 g/mol. The number of benzene rings is 2. The molecule has 27 heavy (non-hydrogen) atoms. The number of carbonyl (C=O) groups excluding carboxylic acids is 3. The number of hydrogen-bond donors (Lipinski definition) is 1. The van der Waals surface area contributed by atoms with Crippen LogP contribution < -0.4 is 10.2 Å². The van der Waals surface area contributed by atoms with Crippen molar-refractivity contribution in [3.05, 3.63) is 59.7 Å². The van der Waals surface area contributed by atoms with Gasteiger partial charge in [-0.15, -0.1) is 0 Å². The van der Waals surface area contributed by atoms with Crippen LogP contribution in [0.2, 0.25) is 0 Å². The van der Waals surface area contributed by atoms with Gasteiger partial charge in [0.25, 0.3) is 5.91 Å². The van der Waals surface area contributed by atoms with Crippen molar-refractivity contribution in [3.8, 4) is 0 Å². The minimum atomic E-state index is -1.29. The predicted molar refractivity (Wildman–Crippen MR) is 101 cm³/mol.